The van der Waals surface area contributed by atoms with Crippen LogP contribution in [-0.2, 0) is 4.79 Å². The molecule has 4 nitrogen and oxygen atoms in total. The van der Waals surface area contributed by atoms with Crippen LogP contribution in [0.3, 0.4) is 0 Å². The first-order chi connectivity index (χ1) is 13.2. The summed E-state index contributed by atoms with van der Waals surface area (Å²) in [5.74, 6) is -0.0603. The second-order valence-electron chi connectivity index (χ2n) is 5.98. The number of benzene rings is 2. The number of anilines is 1. The molecule has 0 fully saturated rings. The number of carbonyl (C=O) groups excluding carboxylic acids is 1. The van der Waals surface area contributed by atoms with Crippen molar-refractivity contribution in [3.8, 4) is 11.3 Å². The average Bonchev–Trinajstić information content (AvgIpc) is 3.17. The first kappa shape index (κ1) is 17.7. The molecule has 2 heterocycles. The minimum atomic E-state index is -0.250. The highest BCUT2D eigenvalue weighted by atomic mass is 32.2. The maximum absolute atomic E-state index is 12.6. The van der Waals surface area contributed by atoms with E-state index in [1.807, 2.05) is 73.0 Å². The van der Waals surface area contributed by atoms with E-state index in [0.29, 0.717) is 5.13 Å². The molecule has 1 amide bonds. The number of thiazole rings is 1. The van der Waals surface area contributed by atoms with Crippen molar-refractivity contribution in [2.75, 3.05) is 5.32 Å². The topological polar surface area (TPSA) is 54.9 Å². The molecule has 0 saturated carbocycles. The molecule has 0 aliphatic rings. The highest BCUT2D eigenvalue weighted by Crippen LogP contribution is 2.31. The highest BCUT2D eigenvalue weighted by Gasteiger charge is 2.17. The molecule has 0 aliphatic heterocycles. The Morgan fingerprint density at radius 1 is 1.07 bits per heavy atom. The van der Waals surface area contributed by atoms with E-state index < -0.39 is 0 Å². The molecule has 0 aliphatic carbocycles. The molecule has 134 valence electrons. The third-order valence-electron chi connectivity index (χ3n) is 4.09. The van der Waals surface area contributed by atoms with Crippen molar-refractivity contribution >= 4 is 45.0 Å². The first-order valence-electron chi connectivity index (χ1n) is 8.53. The Balaban J connectivity index is 1.46. The van der Waals surface area contributed by atoms with Gasteiger partial charge in [-0.25, -0.2) is 4.98 Å². The molecule has 1 N–H and O–H groups in total. The van der Waals surface area contributed by atoms with E-state index in [9.17, 15) is 4.79 Å². The molecule has 0 spiro atoms. The molecular formula is C21H17N3OS2. The average molecular weight is 392 g/mol. The number of nitrogens with zero attached hydrogens (tertiary/aromatic N) is 2. The number of para-hydroxylation sites is 1. The van der Waals surface area contributed by atoms with E-state index in [4.69, 9.17) is 0 Å². The number of thioether (sulfide) groups is 1. The van der Waals surface area contributed by atoms with Crippen molar-refractivity contribution in [2.45, 2.75) is 17.1 Å². The Kier molecular flexibility index (Phi) is 5.18. The van der Waals surface area contributed by atoms with Crippen LogP contribution in [0.5, 0.6) is 0 Å². The van der Waals surface area contributed by atoms with E-state index in [2.05, 4.69) is 15.3 Å². The van der Waals surface area contributed by atoms with Gasteiger partial charge in [-0.15, -0.1) is 23.1 Å². The smallest absolute Gasteiger partial charge is 0.239 e. The second-order valence-corrected chi connectivity index (χ2v) is 8.22. The summed E-state index contributed by atoms with van der Waals surface area (Å²) in [5, 5.41) is 6.32. The number of hydrogen-bond donors (Lipinski definition) is 1. The zero-order valence-electron chi connectivity index (χ0n) is 14.6. The number of amides is 1. The van der Waals surface area contributed by atoms with Crippen LogP contribution in [0.4, 0.5) is 5.13 Å². The van der Waals surface area contributed by atoms with E-state index in [-0.39, 0.29) is 11.2 Å². The minimum Gasteiger partial charge on any atom is -0.301 e. The second kappa shape index (κ2) is 7.90. The van der Waals surface area contributed by atoms with Crippen molar-refractivity contribution < 1.29 is 4.79 Å². The van der Waals surface area contributed by atoms with Crippen LogP contribution < -0.4 is 5.32 Å². The number of hydrogen-bond acceptors (Lipinski definition) is 5. The third kappa shape index (κ3) is 4.02. The molecule has 6 heteroatoms. The molecule has 1 atom stereocenters. The first-order valence-corrected chi connectivity index (χ1v) is 10.3. The van der Waals surface area contributed by atoms with Gasteiger partial charge in [-0.05, 0) is 19.1 Å². The van der Waals surface area contributed by atoms with Gasteiger partial charge >= 0.3 is 0 Å². The van der Waals surface area contributed by atoms with Gasteiger partial charge in [-0.3, -0.25) is 9.78 Å². The molecule has 2 aromatic heterocycles. The molecule has 0 bridgehead atoms. The van der Waals surface area contributed by atoms with Gasteiger partial charge in [-0.2, -0.15) is 0 Å². The lowest BCUT2D eigenvalue weighted by molar-refractivity contribution is -0.115. The van der Waals surface area contributed by atoms with Crippen LogP contribution in [0.15, 0.2) is 77.1 Å². The predicted octanol–water partition coefficient (Wildman–Crippen LogP) is 5.48. The molecule has 0 radical (unpaired) electrons. The SMILES string of the molecule is CC(Sc1ccnc2ccccc12)C(=O)Nc1nc(-c2ccccc2)cs1. The van der Waals surface area contributed by atoms with Crippen LogP contribution in [0.2, 0.25) is 0 Å². The quantitative estimate of drug-likeness (QED) is 0.458. The molecule has 4 rings (SSSR count). The Bertz CT molecular complexity index is 1070. The maximum Gasteiger partial charge on any atom is 0.239 e. The lowest BCUT2D eigenvalue weighted by Crippen LogP contribution is -2.22. The highest BCUT2D eigenvalue weighted by molar-refractivity contribution is 8.00. The normalized spacial score (nSPS) is 12.0. The Morgan fingerprint density at radius 2 is 1.85 bits per heavy atom. The fourth-order valence-electron chi connectivity index (χ4n) is 2.70. The zero-order valence-corrected chi connectivity index (χ0v) is 16.3. The largest absolute Gasteiger partial charge is 0.301 e. The minimum absolute atomic E-state index is 0.0603. The fourth-order valence-corrected chi connectivity index (χ4v) is 4.40. The maximum atomic E-state index is 12.6. The van der Waals surface area contributed by atoms with Crippen molar-refractivity contribution in [3.63, 3.8) is 0 Å². The number of fused-ring (bicyclic) bond motifs is 1. The van der Waals surface area contributed by atoms with Crippen molar-refractivity contribution in [2.24, 2.45) is 0 Å². The lowest BCUT2D eigenvalue weighted by Gasteiger charge is -2.12. The molecule has 2 aromatic carbocycles. The van der Waals surface area contributed by atoms with E-state index in [0.717, 1.165) is 27.1 Å². The number of pyridine rings is 1. The summed E-state index contributed by atoms with van der Waals surface area (Å²) >= 11 is 2.97. The van der Waals surface area contributed by atoms with Gasteiger partial charge in [0.2, 0.25) is 5.91 Å². The van der Waals surface area contributed by atoms with Crippen molar-refractivity contribution in [1.82, 2.24) is 9.97 Å². The standard InChI is InChI=1S/C21H17N3OS2/c1-14(27-19-11-12-22-17-10-6-5-9-16(17)19)20(25)24-21-23-18(13-26-21)15-7-3-2-4-8-15/h2-14H,1H3,(H,23,24,25). The summed E-state index contributed by atoms with van der Waals surface area (Å²) in [6.45, 7) is 1.90. The van der Waals surface area contributed by atoms with Crippen LogP contribution in [0.25, 0.3) is 22.2 Å². The number of rotatable bonds is 5. The van der Waals surface area contributed by atoms with Gasteiger partial charge in [0.25, 0.3) is 0 Å². The summed E-state index contributed by atoms with van der Waals surface area (Å²) in [6, 6.07) is 19.9. The molecule has 4 aromatic rings. The summed E-state index contributed by atoms with van der Waals surface area (Å²) in [6.07, 6.45) is 1.78. The summed E-state index contributed by atoms with van der Waals surface area (Å²) in [5.41, 5.74) is 2.85. The Hall–Kier alpha value is -2.70. The van der Waals surface area contributed by atoms with Gasteiger partial charge in [0.1, 0.15) is 0 Å². The van der Waals surface area contributed by atoms with E-state index >= 15 is 0 Å². The van der Waals surface area contributed by atoms with E-state index in [1.165, 1.54) is 23.1 Å². The predicted molar refractivity (Wildman–Crippen MR) is 113 cm³/mol. The number of aromatic nitrogens is 2. The van der Waals surface area contributed by atoms with Gasteiger partial charge < -0.3 is 5.32 Å². The van der Waals surface area contributed by atoms with Crippen molar-refractivity contribution in [1.29, 1.82) is 0 Å². The van der Waals surface area contributed by atoms with Gasteiger partial charge in [-0.1, -0.05) is 48.5 Å². The number of carbonyl (C=O) groups is 1. The van der Waals surface area contributed by atoms with Crippen LogP contribution in [0, 0.1) is 0 Å². The van der Waals surface area contributed by atoms with Crippen molar-refractivity contribution in [3.05, 3.63) is 72.2 Å². The molecule has 0 saturated heterocycles. The fraction of sp³-hybridized carbons (Fsp3) is 0.0952. The van der Waals surface area contributed by atoms with Crippen LogP contribution in [0.1, 0.15) is 6.92 Å². The zero-order chi connectivity index (χ0) is 18.6. The summed E-state index contributed by atoms with van der Waals surface area (Å²) < 4.78 is 0. The molecule has 27 heavy (non-hydrogen) atoms. The Labute approximate surface area is 165 Å². The van der Waals surface area contributed by atoms with E-state index in [1.54, 1.807) is 6.20 Å². The lowest BCUT2D eigenvalue weighted by atomic mass is 10.2. The summed E-state index contributed by atoms with van der Waals surface area (Å²) in [7, 11) is 0. The number of nitrogens with one attached hydrogen (secondary N) is 1. The van der Waals surface area contributed by atoms with Gasteiger partial charge in [0.05, 0.1) is 16.5 Å². The van der Waals surface area contributed by atoms with Gasteiger partial charge in [0.15, 0.2) is 5.13 Å². The summed E-state index contributed by atoms with van der Waals surface area (Å²) in [4.78, 5) is 22.6. The molecule has 1 unspecified atom stereocenters. The third-order valence-corrected chi connectivity index (χ3v) is 6.02. The van der Waals surface area contributed by atoms with Gasteiger partial charge in [0, 0.05) is 27.4 Å². The van der Waals surface area contributed by atoms with Crippen LogP contribution >= 0.6 is 23.1 Å². The molecular weight excluding hydrogens is 374 g/mol. The Morgan fingerprint density at radius 3 is 2.70 bits per heavy atom. The monoisotopic (exact) mass is 391 g/mol. The van der Waals surface area contributed by atoms with Crippen LogP contribution in [-0.4, -0.2) is 21.1 Å².